The zero-order chi connectivity index (χ0) is 8.15. The summed E-state index contributed by atoms with van der Waals surface area (Å²) in [5.74, 6) is -0.856. The third-order valence-corrected chi connectivity index (χ3v) is 1.15. The molecule has 1 atom stereocenters. The number of rotatable bonds is 3. The molecule has 0 bridgehead atoms. The van der Waals surface area contributed by atoms with Gasteiger partial charge in [-0.15, -0.1) is 12.4 Å². The average molecular weight is 169 g/mol. The van der Waals surface area contributed by atoms with E-state index in [1.807, 2.05) is 0 Å². The molecular formula is C6H14ClNO2. The molecule has 0 amide bonds. The van der Waals surface area contributed by atoms with Gasteiger partial charge in [-0.05, 0) is 12.9 Å². The van der Waals surface area contributed by atoms with E-state index in [4.69, 9.17) is 6.48 Å². The topological polar surface area (TPSA) is 49.3 Å². The van der Waals surface area contributed by atoms with E-state index in [1.54, 1.807) is 13.8 Å². The number of carboxylic acids is 1. The van der Waals surface area contributed by atoms with Gasteiger partial charge in [-0.3, -0.25) is 4.79 Å². The van der Waals surface area contributed by atoms with Crippen molar-refractivity contribution in [3.8, 4) is 0 Å². The maximum absolute atomic E-state index is 10.4. The van der Waals surface area contributed by atoms with Gasteiger partial charge in [0.05, 0.1) is 0 Å². The highest BCUT2D eigenvalue weighted by molar-refractivity contribution is 5.85. The smallest absolute Gasteiger partial charge is 0.320 e. The number of carboxylic acid groups (broad SMARTS) is 1. The lowest BCUT2D eigenvalue weighted by Crippen LogP contribution is -2.38. The Morgan fingerprint density at radius 1 is 1.70 bits per heavy atom. The number of halogens is 1. The molecule has 2 N–H and O–H groups in total. The summed E-state index contributed by atoms with van der Waals surface area (Å²) in [7, 11) is -0.0465. The van der Waals surface area contributed by atoms with Crippen molar-refractivity contribution in [2.24, 2.45) is 5.92 Å². The minimum atomic E-state index is -0.887. The fourth-order valence-electron chi connectivity index (χ4n) is 0.608. The monoisotopic (exact) mass is 168 g/mol. The largest absolute Gasteiger partial charge is 0.480 e. The molecule has 0 aliphatic heterocycles. The van der Waals surface area contributed by atoms with Crippen LogP contribution in [-0.4, -0.2) is 24.1 Å². The number of hydrogen-bond acceptors (Lipinski definition) is 2. The van der Waals surface area contributed by atoms with Gasteiger partial charge in [0.2, 0.25) is 0 Å². The van der Waals surface area contributed by atoms with E-state index in [-0.39, 0.29) is 25.3 Å². The first-order valence-electron chi connectivity index (χ1n) is 3.55. The Balaban J connectivity index is 0. The van der Waals surface area contributed by atoms with Crippen molar-refractivity contribution in [3.63, 3.8) is 0 Å². The fourth-order valence-corrected chi connectivity index (χ4v) is 0.608. The summed E-state index contributed by atoms with van der Waals surface area (Å²) in [5.41, 5.74) is 0. The first-order chi connectivity index (χ1) is 4.59. The number of hydrogen-bond donors (Lipinski definition) is 2. The molecule has 0 heterocycles. The first-order valence-corrected chi connectivity index (χ1v) is 2.85. The van der Waals surface area contributed by atoms with E-state index in [1.165, 1.54) is 0 Å². The van der Waals surface area contributed by atoms with Gasteiger partial charge in [0.15, 0.2) is 0 Å². The van der Waals surface area contributed by atoms with Crippen molar-refractivity contribution in [1.29, 1.82) is 0 Å². The SMILES string of the molecule is Cl.[2H]CN[C@H](C(=O)O)C(C)C. The van der Waals surface area contributed by atoms with Gasteiger partial charge in [0, 0.05) is 1.37 Å². The van der Waals surface area contributed by atoms with Crippen LogP contribution in [0.2, 0.25) is 0 Å². The second-order valence-corrected chi connectivity index (χ2v) is 2.26. The van der Waals surface area contributed by atoms with Gasteiger partial charge in [0.1, 0.15) is 6.04 Å². The van der Waals surface area contributed by atoms with Crippen LogP contribution in [0.5, 0.6) is 0 Å². The van der Waals surface area contributed by atoms with Crippen LogP contribution in [-0.2, 0) is 4.79 Å². The molecular weight excluding hydrogens is 154 g/mol. The van der Waals surface area contributed by atoms with Gasteiger partial charge in [-0.2, -0.15) is 0 Å². The molecule has 4 heteroatoms. The van der Waals surface area contributed by atoms with Crippen molar-refractivity contribution >= 4 is 18.4 Å². The quantitative estimate of drug-likeness (QED) is 0.654. The van der Waals surface area contributed by atoms with Crippen LogP contribution in [0.15, 0.2) is 0 Å². The highest BCUT2D eigenvalue weighted by Crippen LogP contribution is 1.99. The third kappa shape index (κ3) is 3.69. The predicted octanol–water partition coefficient (Wildman–Crippen LogP) is 0.737. The van der Waals surface area contributed by atoms with Crippen LogP contribution in [0.4, 0.5) is 0 Å². The van der Waals surface area contributed by atoms with Crippen molar-refractivity contribution in [1.82, 2.24) is 5.32 Å². The lowest BCUT2D eigenvalue weighted by molar-refractivity contribution is -0.140. The molecule has 10 heavy (non-hydrogen) atoms. The summed E-state index contributed by atoms with van der Waals surface area (Å²) in [6.07, 6.45) is 0. The Labute approximate surface area is 68.6 Å². The molecule has 62 valence electrons. The molecule has 0 aromatic carbocycles. The number of likely N-dealkylation sites (N-methyl/N-ethyl adjacent to an activating group) is 1. The van der Waals surface area contributed by atoms with Crippen LogP contribution in [0.25, 0.3) is 0 Å². The lowest BCUT2D eigenvalue weighted by atomic mass is 10.1. The normalized spacial score (nSPS) is 13.7. The van der Waals surface area contributed by atoms with E-state index in [0.29, 0.717) is 0 Å². The third-order valence-electron chi connectivity index (χ3n) is 1.15. The van der Waals surface area contributed by atoms with Gasteiger partial charge in [-0.1, -0.05) is 13.8 Å². The van der Waals surface area contributed by atoms with Crippen molar-refractivity contribution < 1.29 is 11.3 Å². The zero-order valence-electron chi connectivity index (χ0n) is 7.13. The Hall–Kier alpha value is -0.280. The van der Waals surface area contributed by atoms with Gasteiger partial charge < -0.3 is 10.4 Å². The standard InChI is InChI=1S/C6H13NO2.ClH/c1-4(2)5(7-3)6(8)9;/h4-5,7H,1-3H3,(H,8,9);1H/t5-;/m0./s1/i3D;. The van der Waals surface area contributed by atoms with Crippen LogP contribution in [0.3, 0.4) is 0 Å². The van der Waals surface area contributed by atoms with Crippen LogP contribution < -0.4 is 5.32 Å². The Bertz CT molecular complexity index is 121. The number of nitrogens with one attached hydrogen (secondary N) is 1. The Morgan fingerprint density at radius 2 is 2.20 bits per heavy atom. The van der Waals surface area contributed by atoms with Gasteiger partial charge >= 0.3 is 5.97 Å². The molecule has 0 rings (SSSR count). The summed E-state index contributed by atoms with van der Waals surface area (Å²) in [5, 5.41) is 11.1. The van der Waals surface area contributed by atoms with Gasteiger partial charge in [0.25, 0.3) is 0 Å². The van der Waals surface area contributed by atoms with Crippen molar-refractivity contribution in [2.45, 2.75) is 19.9 Å². The lowest BCUT2D eigenvalue weighted by Gasteiger charge is -2.13. The molecule has 0 spiro atoms. The minimum Gasteiger partial charge on any atom is -0.480 e. The van der Waals surface area contributed by atoms with Crippen molar-refractivity contribution in [2.75, 3.05) is 7.02 Å². The van der Waals surface area contributed by atoms with E-state index >= 15 is 0 Å². The fraction of sp³-hybridized carbons (Fsp3) is 0.833. The Kier molecular flexibility index (Phi) is 5.35. The molecule has 0 fully saturated rings. The molecule has 3 nitrogen and oxygen atoms in total. The van der Waals surface area contributed by atoms with E-state index < -0.39 is 12.0 Å². The summed E-state index contributed by atoms with van der Waals surface area (Å²) in [6.45, 7) is 3.61. The van der Waals surface area contributed by atoms with Crippen LogP contribution in [0.1, 0.15) is 15.2 Å². The van der Waals surface area contributed by atoms with E-state index in [2.05, 4.69) is 5.32 Å². The maximum atomic E-state index is 10.4. The summed E-state index contributed by atoms with van der Waals surface area (Å²) in [6, 6.07) is -0.586. The summed E-state index contributed by atoms with van der Waals surface area (Å²) >= 11 is 0. The average Bonchev–Trinajstić information content (AvgIpc) is 1.81. The van der Waals surface area contributed by atoms with Crippen molar-refractivity contribution in [3.05, 3.63) is 0 Å². The molecule has 0 aromatic rings. The highest BCUT2D eigenvalue weighted by Gasteiger charge is 2.17. The molecule has 0 saturated heterocycles. The second kappa shape index (κ2) is 5.50. The summed E-state index contributed by atoms with van der Waals surface area (Å²) in [4.78, 5) is 10.4. The molecule has 0 aliphatic carbocycles. The molecule has 0 saturated carbocycles. The Morgan fingerprint density at radius 3 is 2.30 bits per heavy atom. The molecule has 0 aromatic heterocycles. The number of aliphatic carboxylic acids is 1. The number of carbonyl (C=O) groups is 1. The molecule has 0 radical (unpaired) electrons. The maximum Gasteiger partial charge on any atom is 0.320 e. The van der Waals surface area contributed by atoms with E-state index in [0.717, 1.165) is 0 Å². The van der Waals surface area contributed by atoms with E-state index in [9.17, 15) is 4.79 Å². The first kappa shape index (κ1) is 9.72. The van der Waals surface area contributed by atoms with Crippen LogP contribution >= 0.6 is 12.4 Å². The zero-order valence-corrected chi connectivity index (χ0v) is 6.94. The predicted molar refractivity (Wildman–Crippen MR) is 42.6 cm³/mol. The van der Waals surface area contributed by atoms with Gasteiger partial charge in [-0.25, -0.2) is 0 Å². The minimum absolute atomic E-state index is 0. The summed E-state index contributed by atoms with van der Waals surface area (Å²) < 4.78 is 6.75. The molecule has 0 aliphatic rings. The highest BCUT2D eigenvalue weighted by atomic mass is 35.5. The molecule has 0 unspecified atom stereocenters. The van der Waals surface area contributed by atoms with Crippen LogP contribution in [0, 0.1) is 5.92 Å². The second-order valence-electron chi connectivity index (χ2n) is 2.26.